The first kappa shape index (κ1) is 14.3. The molecule has 7 heteroatoms. The number of carbonyl (C=O) groups is 1. The zero-order valence-electron chi connectivity index (χ0n) is 11.1. The summed E-state index contributed by atoms with van der Waals surface area (Å²) >= 11 is 0. The average Bonchev–Trinajstić information content (AvgIpc) is 2.72. The fraction of sp³-hybridized carbons (Fsp3) is 0.833. The molecule has 2 aliphatic heterocycles. The van der Waals surface area contributed by atoms with Crippen molar-refractivity contribution in [3.05, 3.63) is 0 Å². The van der Waals surface area contributed by atoms with Gasteiger partial charge in [-0.25, -0.2) is 12.7 Å². The molecule has 1 amide bonds. The molecule has 2 aliphatic rings. The summed E-state index contributed by atoms with van der Waals surface area (Å²) in [6.07, 6.45) is 2.18. The highest BCUT2D eigenvalue weighted by Crippen LogP contribution is 2.38. The number of nitriles is 1. The maximum atomic E-state index is 12.2. The molecule has 0 aliphatic carbocycles. The van der Waals surface area contributed by atoms with Gasteiger partial charge in [-0.1, -0.05) is 6.92 Å². The zero-order valence-corrected chi connectivity index (χ0v) is 11.9. The minimum absolute atomic E-state index is 0.0553. The van der Waals surface area contributed by atoms with Crippen LogP contribution in [0.3, 0.4) is 0 Å². The summed E-state index contributed by atoms with van der Waals surface area (Å²) in [6, 6.07) is 1.86. The maximum Gasteiger partial charge on any atom is 0.230 e. The van der Waals surface area contributed by atoms with Crippen LogP contribution in [0.4, 0.5) is 0 Å². The SMILES string of the molecule is CCC(C#N)S(=O)(=O)N1CCC2(CC1)CNC(=O)C2. The largest absolute Gasteiger partial charge is 0.356 e. The van der Waals surface area contributed by atoms with Crippen LogP contribution in [-0.4, -0.2) is 43.5 Å². The van der Waals surface area contributed by atoms with Gasteiger partial charge in [-0.3, -0.25) is 4.79 Å². The van der Waals surface area contributed by atoms with Gasteiger partial charge in [0.2, 0.25) is 15.9 Å². The molecule has 2 fully saturated rings. The highest BCUT2D eigenvalue weighted by atomic mass is 32.2. The summed E-state index contributed by atoms with van der Waals surface area (Å²) in [5.41, 5.74) is -0.0720. The Hall–Kier alpha value is -1.13. The van der Waals surface area contributed by atoms with Crippen molar-refractivity contribution in [2.24, 2.45) is 5.41 Å². The van der Waals surface area contributed by atoms with Crippen molar-refractivity contribution in [1.29, 1.82) is 5.26 Å². The van der Waals surface area contributed by atoms with E-state index in [4.69, 9.17) is 5.26 Å². The molecule has 6 nitrogen and oxygen atoms in total. The molecule has 1 atom stereocenters. The number of hydrogen-bond acceptors (Lipinski definition) is 4. The Balaban J connectivity index is 2.04. The number of rotatable bonds is 3. The fourth-order valence-electron chi connectivity index (χ4n) is 2.87. The Kier molecular flexibility index (Phi) is 3.83. The molecule has 0 bridgehead atoms. The van der Waals surface area contributed by atoms with E-state index in [1.807, 2.05) is 6.07 Å². The number of carbonyl (C=O) groups excluding carboxylic acids is 1. The molecule has 0 aromatic carbocycles. The van der Waals surface area contributed by atoms with Crippen LogP contribution in [0, 0.1) is 16.7 Å². The molecule has 1 spiro atoms. The summed E-state index contributed by atoms with van der Waals surface area (Å²) in [6.45, 7) is 3.18. The first-order valence-electron chi connectivity index (χ1n) is 6.59. The Labute approximate surface area is 113 Å². The van der Waals surface area contributed by atoms with Crippen molar-refractivity contribution >= 4 is 15.9 Å². The molecule has 2 rings (SSSR count). The number of nitrogens with zero attached hydrogens (tertiary/aromatic N) is 2. The van der Waals surface area contributed by atoms with Crippen molar-refractivity contribution < 1.29 is 13.2 Å². The lowest BCUT2D eigenvalue weighted by atomic mass is 9.78. The maximum absolute atomic E-state index is 12.2. The van der Waals surface area contributed by atoms with E-state index >= 15 is 0 Å². The third-order valence-corrected chi connectivity index (χ3v) is 6.46. The highest BCUT2D eigenvalue weighted by Gasteiger charge is 2.44. The van der Waals surface area contributed by atoms with Gasteiger partial charge in [0, 0.05) is 26.1 Å². The van der Waals surface area contributed by atoms with Gasteiger partial charge >= 0.3 is 0 Å². The lowest BCUT2D eigenvalue weighted by Crippen LogP contribution is -2.46. The molecule has 0 saturated carbocycles. The lowest BCUT2D eigenvalue weighted by molar-refractivity contribution is -0.119. The van der Waals surface area contributed by atoms with Crippen LogP contribution in [0.15, 0.2) is 0 Å². The third kappa shape index (κ3) is 2.60. The summed E-state index contributed by atoms with van der Waals surface area (Å²) < 4.78 is 25.9. The van der Waals surface area contributed by atoms with Gasteiger partial charge in [0.1, 0.15) is 0 Å². The van der Waals surface area contributed by atoms with Gasteiger partial charge < -0.3 is 5.32 Å². The van der Waals surface area contributed by atoms with E-state index in [1.54, 1.807) is 6.92 Å². The van der Waals surface area contributed by atoms with E-state index in [0.717, 1.165) is 0 Å². The number of nitrogens with one attached hydrogen (secondary N) is 1. The van der Waals surface area contributed by atoms with Gasteiger partial charge in [0.05, 0.1) is 6.07 Å². The van der Waals surface area contributed by atoms with Crippen LogP contribution < -0.4 is 5.32 Å². The first-order chi connectivity index (χ1) is 8.93. The second kappa shape index (κ2) is 5.10. The van der Waals surface area contributed by atoms with Crippen molar-refractivity contribution in [3.63, 3.8) is 0 Å². The summed E-state index contributed by atoms with van der Waals surface area (Å²) in [5, 5.41) is 10.8. The van der Waals surface area contributed by atoms with Crippen LogP contribution >= 0.6 is 0 Å². The minimum atomic E-state index is -3.52. The van der Waals surface area contributed by atoms with E-state index in [9.17, 15) is 13.2 Å². The first-order valence-corrected chi connectivity index (χ1v) is 8.09. The molecule has 106 valence electrons. The molecule has 0 aromatic heterocycles. The molecule has 1 unspecified atom stereocenters. The van der Waals surface area contributed by atoms with E-state index in [2.05, 4.69) is 5.32 Å². The van der Waals surface area contributed by atoms with E-state index < -0.39 is 15.3 Å². The second-order valence-corrected chi connectivity index (χ2v) is 7.54. The molecular formula is C12H19N3O3S. The number of piperidine rings is 1. The van der Waals surface area contributed by atoms with E-state index in [-0.39, 0.29) is 11.3 Å². The van der Waals surface area contributed by atoms with Gasteiger partial charge in [-0.2, -0.15) is 5.26 Å². The van der Waals surface area contributed by atoms with Crippen LogP contribution in [-0.2, 0) is 14.8 Å². The predicted octanol–water partition coefficient (Wildman–Crippen LogP) is 0.220. The third-order valence-electron chi connectivity index (χ3n) is 4.21. The molecule has 1 N–H and O–H groups in total. The Bertz CT molecular complexity index is 501. The number of sulfonamides is 1. The Morgan fingerprint density at radius 2 is 2.11 bits per heavy atom. The van der Waals surface area contributed by atoms with Crippen molar-refractivity contribution in [3.8, 4) is 6.07 Å². The van der Waals surface area contributed by atoms with Crippen LogP contribution in [0.1, 0.15) is 32.6 Å². The van der Waals surface area contributed by atoms with Crippen LogP contribution in [0.25, 0.3) is 0 Å². The molecule has 2 saturated heterocycles. The minimum Gasteiger partial charge on any atom is -0.356 e. The molecule has 19 heavy (non-hydrogen) atoms. The molecular weight excluding hydrogens is 266 g/mol. The smallest absolute Gasteiger partial charge is 0.230 e. The highest BCUT2D eigenvalue weighted by molar-refractivity contribution is 7.90. The van der Waals surface area contributed by atoms with Gasteiger partial charge in [0.15, 0.2) is 5.25 Å². The van der Waals surface area contributed by atoms with E-state index in [0.29, 0.717) is 45.3 Å². The van der Waals surface area contributed by atoms with Crippen LogP contribution in [0.5, 0.6) is 0 Å². The molecule has 0 radical (unpaired) electrons. The second-order valence-electron chi connectivity index (χ2n) is 5.42. The summed E-state index contributed by atoms with van der Waals surface area (Å²) in [4.78, 5) is 11.3. The summed E-state index contributed by atoms with van der Waals surface area (Å²) in [7, 11) is -3.52. The van der Waals surface area contributed by atoms with Crippen LogP contribution in [0.2, 0.25) is 0 Å². The topological polar surface area (TPSA) is 90.3 Å². The monoisotopic (exact) mass is 285 g/mol. The average molecular weight is 285 g/mol. The normalized spacial score (nSPS) is 24.9. The quantitative estimate of drug-likeness (QED) is 0.803. The molecule has 0 aromatic rings. The lowest BCUT2D eigenvalue weighted by Gasteiger charge is -2.38. The van der Waals surface area contributed by atoms with Gasteiger partial charge in [0.25, 0.3) is 0 Å². The Morgan fingerprint density at radius 3 is 2.53 bits per heavy atom. The van der Waals surface area contributed by atoms with Crippen molar-refractivity contribution in [1.82, 2.24) is 9.62 Å². The Morgan fingerprint density at radius 1 is 1.47 bits per heavy atom. The van der Waals surface area contributed by atoms with Gasteiger partial charge in [-0.15, -0.1) is 0 Å². The van der Waals surface area contributed by atoms with Crippen molar-refractivity contribution in [2.75, 3.05) is 19.6 Å². The fourth-order valence-corrected chi connectivity index (χ4v) is 4.47. The zero-order chi connectivity index (χ0) is 14.1. The van der Waals surface area contributed by atoms with Gasteiger partial charge in [-0.05, 0) is 24.7 Å². The number of hydrogen-bond donors (Lipinski definition) is 1. The standard InChI is InChI=1S/C12H19N3O3S/c1-2-10(8-13)19(17,18)15-5-3-12(4-6-15)7-11(16)14-9-12/h10H,2-7,9H2,1H3,(H,14,16). The number of amides is 1. The predicted molar refractivity (Wildman–Crippen MR) is 69.5 cm³/mol. The molecule has 2 heterocycles. The van der Waals surface area contributed by atoms with E-state index in [1.165, 1.54) is 4.31 Å². The van der Waals surface area contributed by atoms with Crippen molar-refractivity contribution in [2.45, 2.75) is 37.9 Å². The summed E-state index contributed by atoms with van der Waals surface area (Å²) in [5.74, 6) is 0.0553.